The second-order valence-corrected chi connectivity index (χ2v) is 6.54. The van der Waals surface area contributed by atoms with Gasteiger partial charge >= 0.3 is 0 Å². The van der Waals surface area contributed by atoms with Crippen LogP contribution < -0.4 is 5.32 Å². The number of rotatable bonds is 5. The number of hydrogen-bond donors (Lipinski definition) is 1. The molecule has 1 N–H and O–H groups in total. The fraction of sp³-hybridized carbons (Fsp3) is 0.474. The van der Waals surface area contributed by atoms with Crippen LogP contribution >= 0.6 is 0 Å². The summed E-state index contributed by atoms with van der Waals surface area (Å²) in [7, 11) is 0. The van der Waals surface area contributed by atoms with Gasteiger partial charge in [-0.05, 0) is 19.4 Å². The maximum Gasteiger partial charge on any atom is 0.234 e. The van der Waals surface area contributed by atoms with Crippen LogP contribution in [0.3, 0.4) is 0 Å². The van der Waals surface area contributed by atoms with Crippen molar-refractivity contribution in [3.63, 3.8) is 0 Å². The summed E-state index contributed by atoms with van der Waals surface area (Å²) in [5.74, 6) is 2.44. The third-order valence-electron chi connectivity index (χ3n) is 4.44. The van der Waals surface area contributed by atoms with E-state index in [1.807, 2.05) is 54.0 Å². The molecule has 0 bridgehead atoms. The number of benzene rings is 1. The van der Waals surface area contributed by atoms with Crippen molar-refractivity contribution in [1.82, 2.24) is 15.1 Å². The van der Waals surface area contributed by atoms with Gasteiger partial charge in [-0.3, -0.25) is 14.5 Å². The molecular formula is C19H25N3O2. The van der Waals surface area contributed by atoms with E-state index in [1.54, 1.807) is 0 Å². The van der Waals surface area contributed by atoms with Gasteiger partial charge in [-0.15, -0.1) is 6.42 Å². The van der Waals surface area contributed by atoms with E-state index in [0.29, 0.717) is 32.7 Å². The number of nitrogens with zero attached hydrogens (tertiary/aromatic N) is 2. The molecule has 1 aromatic carbocycles. The quantitative estimate of drug-likeness (QED) is 0.816. The van der Waals surface area contributed by atoms with E-state index in [4.69, 9.17) is 6.42 Å². The highest BCUT2D eigenvalue weighted by atomic mass is 16.2. The lowest BCUT2D eigenvalue weighted by Crippen LogP contribution is -2.54. The second-order valence-electron chi connectivity index (χ2n) is 6.54. The number of hydrogen-bond acceptors (Lipinski definition) is 3. The number of amides is 2. The highest BCUT2D eigenvalue weighted by molar-refractivity contribution is 5.87. The van der Waals surface area contributed by atoms with Crippen LogP contribution in [-0.4, -0.2) is 60.9 Å². The number of terminal acetylenes is 1. The summed E-state index contributed by atoms with van der Waals surface area (Å²) in [6.45, 7) is 7.16. The first kappa shape index (κ1) is 18.0. The average Bonchev–Trinajstić information content (AvgIpc) is 2.60. The first-order valence-electron chi connectivity index (χ1n) is 8.22. The Hall–Kier alpha value is -2.32. The van der Waals surface area contributed by atoms with E-state index < -0.39 is 5.41 Å². The summed E-state index contributed by atoms with van der Waals surface area (Å²) in [6.07, 6.45) is 5.13. The standard InChI is InChI=1S/C19H25N3O2/c1-4-10-20-17(23)15-21-11-13-22(14-12-21)18(24)19(2,3)16-8-6-5-7-9-16/h1,5-9H,10-15H2,2-3H3,(H,20,23). The van der Waals surface area contributed by atoms with Crippen LogP contribution in [0, 0.1) is 12.3 Å². The Kier molecular flexibility index (Phi) is 5.99. The molecule has 0 aliphatic carbocycles. The molecule has 5 nitrogen and oxygen atoms in total. The van der Waals surface area contributed by atoms with Gasteiger partial charge in [-0.1, -0.05) is 36.3 Å². The molecule has 5 heteroatoms. The van der Waals surface area contributed by atoms with Crippen LogP contribution in [0.4, 0.5) is 0 Å². The zero-order chi connectivity index (χ0) is 17.6. The maximum atomic E-state index is 12.9. The molecule has 1 heterocycles. The fourth-order valence-electron chi connectivity index (χ4n) is 2.89. The Balaban J connectivity index is 1.89. The maximum absolute atomic E-state index is 12.9. The molecule has 1 aliphatic rings. The largest absolute Gasteiger partial charge is 0.344 e. The van der Waals surface area contributed by atoms with Gasteiger partial charge in [-0.2, -0.15) is 0 Å². The predicted octanol–water partition coefficient (Wildman–Crippen LogP) is 0.858. The van der Waals surface area contributed by atoms with Gasteiger partial charge in [0.05, 0.1) is 18.5 Å². The molecule has 0 unspecified atom stereocenters. The van der Waals surface area contributed by atoms with E-state index in [2.05, 4.69) is 11.2 Å². The molecule has 2 amide bonds. The summed E-state index contributed by atoms with van der Waals surface area (Å²) >= 11 is 0. The van der Waals surface area contributed by atoms with Gasteiger partial charge in [0.15, 0.2) is 0 Å². The van der Waals surface area contributed by atoms with E-state index in [-0.39, 0.29) is 18.4 Å². The highest BCUT2D eigenvalue weighted by Crippen LogP contribution is 2.26. The fourth-order valence-corrected chi connectivity index (χ4v) is 2.89. The van der Waals surface area contributed by atoms with Gasteiger partial charge < -0.3 is 10.2 Å². The van der Waals surface area contributed by atoms with E-state index in [0.717, 1.165) is 5.56 Å². The molecule has 0 atom stereocenters. The Bertz CT molecular complexity index is 611. The zero-order valence-electron chi connectivity index (χ0n) is 14.4. The summed E-state index contributed by atoms with van der Waals surface area (Å²) in [6, 6.07) is 9.84. The van der Waals surface area contributed by atoms with Crippen molar-refractivity contribution in [3.8, 4) is 12.3 Å². The number of piperazine rings is 1. The van der Waals surface area contributed by atoms with Crippen molar-refractivity contribution < 1.29 is 9.59 Å². The monoisotopic (exact) mass is 327 g/mol. The molecule has 0 radical (unpaired) electrons. The Morgan fingerprint density at radius 1 is 1.17 bits per heavy atom. The minimum atomic E-state index is -0.548. The number of carbonyl (C=O) groups excluding carboxylic acids is 2. The zero-order valence-corrected chi connectivity index (χ0v) is 14.4. The molecule has 128 valence electrons. The SMILES string of the molecule is C#CCNC(=O)CN1CCN(C(=O)C(C)(C)c2ccccc2)CC1. The lowest BCUT2D eigenvalue weighted by molar-refractivity contribution is -0.138. The molecule has 0 saturated carbocycles. The molecule has 2 rings (SSSR count). The highest BCUT2D eigenvalue weighted by Gasteiger charge is 2.35. The molecule has 1 aromatic rings. The van der Waals surface area contributed by atoms with Crippen LogP contribution in [0.2, 0.25) is 0 Å². The minimum absolute atomic E-state index is 0.0719. The Morgan fingerprint density at radius 2 is 1.79 bits per heavy atom. The lowest BCUT2D eigenvalue weighted by atomic mass is 9.83. The molecule has 1 saturated heterocycles. The number of nitrogens with one attached hydrogen (secondary N) is 1. The van der Waals surface area contributed by atoms with Gasteiger partial charge in [0.1, 0.15) is 0 Å². The predicted molar refractivity (Wildman–Crippen MR) is 94.3 cm³/mol. The van der Waals surface area contributed by atoms with Crippen molar-refractivity contribution in [3.05, 3.63) is 35.9 Å². The van der Waals surface area contributed by atoms with Crippen LogP contribution in [0.25, 0.3) is 0 Å². The molecular weight excluding hydrogens is 302 g/mol. The lowest BCUT2D eigenvalue weighted by Gasteiger charge is -2.38. The van der Waals surface area contributed by atoms with Crippen LogP contribution in [0.1, 0.15) is 19.4 Å². The van der Waals surface area contributed by atoms with Crippen LogP contribution in [-0.2, 0) is 15.0 Å². The summed E-state index contributed by atoms with van der Waals surface area (Å²) in [5, 5.41) is 2.66. The minimum Gasteiger partial charge on any atom is -0.344 e. The third-order valence-corrected chi connectivity index (χ3v) is 4.44. The molecule has 1 fully saturated rings. The first-order chi connectivity index (χ1) is 11.4. The normalized spacial score (nSPS) is 15.6. The molecule has 0 spiro atoms. The van der Waals surface area contributed by atoms with Crippen molar-refractivity contribution >= 4 is 11.8 Å². The molecule has 1 aliphatic heterocycles. The second kappa shape index (κ2) is 7.98. The van der Waals surface area contributed by atoms with Gasteiger partial charge in [0.2, 0.25) is 11.8 Å². The van der Waals surface area contributed by atoms with Gasteiger partial charge in [0.25, 0.3) is 0 Å². The van der Waals surface area contributed by atoms with Gasteiger partial charge in [-0.25, -0.2) is 0 Å². The van der Waals surface area contributed by atoms with Crippen molar-refractivity contribution in [2.45, 2.75) is 19.3 Å². The topological polar surface area (TPSA) is 52.7 Å². The third kappa shape index (κ3) is 4.36. The summed E-state index contributed by atoms with van der Waals surface area (Å²) < 4.78 is 0. The van der Waals surface area contributed by atoms with Crippen molar-refractivity contribution in [1.29, 1.82) is 0 Å². The smallest absolute Gasteiger partial charge is 0.234 e. The van der Waals surface area contributed by atoms with Crippen LogP contribution in [0.15, 0.2) is 30.3 Å². The first-order valence-corrected chi connectivity index (χ1v) is 8.22. The summed E-state index contributed by atoms with van der Waals surface area (Å²) in [5.41, 5.74) is 0.472. The van der Waals surface area contributed by atoms with E-state index >= 15 is 0 Å². The van der Waals surface area contributed by atoms with Gasteiger partial charge in [0, 0.05) is 26.2 Å². The molecule has 24 heavy (non-hydrogen) atoms. The Labute approximate surface area is 144 Å². The Morgan fingerprint density at radius 3 is 2.38 bits per heavy atom. The summed E-state index contributed by atoms with van der Waals surface area (Å²) in [4.78, 5) is 28.5. The van der Waals surface area contributed by atoms with Crippen LogP contribution in [0.5, 0.6) is 0 Å². The molecule has 0 aromatic heterocycles. The number of carbonyl (C=O) groups is 2. The average molecular weight is 327 g/mol. The van der Waals surface area contributed by atoms with Crippen molar-refractivity contribution in [2.75, 3.05) is 39.3 Å². The van der Waals surface area contributed by atoms with E-state index in [9.17, 15) is 9.59 Å². The van der Waals surface area contributed by atoms with Crippen molar-refractivity contribution in [2.24, 2.45) is 0 Å². The van der Waals surface area contributed by atoms with E-state index in [1.165, 1.54) is 0 Å².